The minimum absolute atomic E-state index is 0. The summed E-state index contributed by atoms with van der Waals surface area (Å²) >= 11 is 0. The van der Waals surface area contributed by atoms with Crippen LogP contribution < -0.4 is 88.1 Å². The molecule has 16 nitrogen and oxygen atoms in total. The SMILES string of the molecule is O=S(=O)(O)c1cc([N+](Oc2cccc3ccccc23)(Oc2cccc3ccccc23)c2ncccn2)ccc1C=Cc1ccc([N+](Oc2cccc3ccccc23)(Oc2cccc3ccccc23)c2ncccn2)cc1S(=O)(=O)O.[H-].[H-].[Na+].[Na+]. The van der Waals surface area contributed by atoms with E-state index in [0.29, 0.717) is 44.5 Å². The molecule has 0 spiro atoms. The number of quaternary nitrogens is 2. The Bertz CT molecular complexity index is 4150. The van der Waals surface area contributed by atoms with E-state index in [0.717, 1.165) is 33.7 Å². The predicted octanol–water partition coefficient (Wildman–Crippen LogP) is 8.03. The normalized spacial score (nSPS) is 12.0. The Balaban J connectivity index is 0.00000230. The molecule has 396 valence electrons. The van der Waals surface area contributed by atoms with Gasteiger partial charge in [-0.05, 0) is 81.2 Å². The van der Waals surface area contributed by atoms with Crippen LogP contribution in [0.4, 0.5) is 23.3 Å². The van der Waals surface area contributed by atoms with Gasteiger partial charge < -0.3 is 2.85 Å². The topological polar surface area (TPSA) is 197 Å². The fourth-order valence-corrected chi connectivity index (χ4v) is 10.9. The van der Waals surface area contributed by atoms with Crippen molar-refractivity contribution in [2.75, 3.05) is 0 Å². The molecule has 2 N–H and O–H groups in total. The summed E-state index contributed by atoms with van der Waals surface area (Å²) < 4.78 is 77.2. The van der Waals surface area contributed by atoms with Crippen LogP contribution in [0.3, 0.4) is 0 Å². The molecule has 0 amide bonds. The molecule has 0 aliphatic carbocycles. The summed E-state index contributed by atoms with van der Waals surface area (Å²) in [5, 5.41) is 6.02. The predicted molar refractivity (Wildman–Crippen MR) is 309 cm³/mol. The van der Waals surface area contributed by atoms with E-state index in [1.54, 1.807) is 60.7 Å². The third-order valence-corrected chi connectivity index (χ3v) is 15.0. The van der Waals surface area contributed by atoms with E-state index in [-0.39, 0.29) is 96.4 Å². The maximum absolute atomic E-state index is 13.8. The zero-order valence-electron chi connectivity index (χ0n) is 45.9. The number of nitrogens with zero attached hydrogens (tertiary/aromatic N) is 6. The van der Waals surface area contributed by atoms with Gasteiger partial charge in [0.25, 0.3) is 20.2 Å². The van der Waals surface area contributed by atoms with Crippen LogP contribution in [0.25, 0.3) is 55.2 Å². The molecule has 0 radical (unpaired) electrons. The fourth-order valence-electron chi connectivity index (χ4n) is 9.50. The first kappa shape index (κ1) is 57.3. The van der Waals surface area contributed by atoms with Crippen LogP contribution in [-0.4, -0.2) is 45.9 Å². The number of benzene rings is 10. The van der Waals surface area contributed by atoms with Gasteiger partial charge in [-0.15, -0.1) is 0 Å². The van der Waals surface area contributed by atoms with E-state index in [9.17, 15) is 25.9 Å². The molecule has 0 aliphatic rings. The van der Waals surface area contributed by atoms with Crippen LogP contribution in [-0.2, 0) is 20.2 Å². The summed E-state index contributed by atoms with van der Waals surface area (Å²) in [6.07, 6.45) is 8.48. The first-order valence-electron chi connectivity index (χ1n) is 24.8. The van der Waals surface area contributed by atoms with Crippen molar-refractivity contribution in [3.8, 4) is 23.0 Å². The molecule has 0 unspecified atom stereocenters. The molecule has 0 fully saturated rings. The van der Waals surface area contributed by atoms with Crippen molar-refractivity contribution in [1.29, 1.82) is 0 Å². The van der Waals surface area contributed by atoms with Crippen molar-refractivity contribution in [1.82, 2.24) is 29.6 Å². The molecule has 10 aromatic carbocycles. The molecule has 82 heavy (non-hydrogen) atoms. The minimum Gasteiger partial charge on any atom is -1.00 e. The molecule has 20 heteroatoms. The van der Waals surface area contributed by atoms with Gasteiger partial charge in [-0.25, -0.2) is 0 Å². The van der Waals surface area contributed by atoms with Crippen molar-refractivity contribution in [2.45, 2.75) is 9.79 Å². The van der Waals surface area contributed by atoms with Gasteiger partial charge in [0.05, 0.1) is 0 Å². The van der Waals surface area contributed by atoms with Crippen LogP contribution in [0, 0.1) is 0 Å². The molecule has 0 atom stereocenters. The Hall–Kier alpha value is -7.92. The van der Waals surface area contributed by atoms with Gasteiger partial charge in [-0.3, -0.25) is 28.5 Å². The molecular weight excluding hydrogens is 1100 g/mol. The summed E-state index contributed by atoms with van der Waals surface area (Å²) in [6.45, 7) is 0. The summed E-state index contributed by atoms with van der Waals surface area (Å²) in [7, 11) is -10.3. The number of hydrogen-bond acceptors (Lipinski definition) is 12. The Kier molecular flexibility index (Phi) is 16.7. The van der Waals surface area contributed by atoms with E-state index >= 15 is 0 Å². The first-order valence-corrected chi connectivity index (χ1v) is 27.7. The van der Waals surface area contributed by atoms with E-state index in [1.807, 2.05) is 121 Å². The molecule has 0 saturated heterocycles. The van der Waals surface area contributed by atoms with Crippen molar-refractivity contribution < 1.29 is 107 Å². The maximum atomic E-state index is 13.8. The van der Waals surface area contributed by atoms with Gasteiger partial charge >= 0.3 is 71.0 Å². The smallest absolute Gasteiger partial charge is 1.00 e. The maximum Gasteiger partial charge on any atom is 1.00 e. The average Bonchev–Trinajstić information content (AvgIpc) is 3.60. The molecule has 0 aliphatic heterocycles. The van der Waals surface area contributed by atoms with E-state index in [4.69, 9.17) is 19.4 Å². The molecule has 0 bridgehead atoms. The van der Waals surface area contributed by atoms with E-state index in [2.05, 4.69) is 19.9 Å². The van der Waals surface area contributed by atoms with Crippen molar-refractivity contribution in [2.24, 2.45) is 0 Å². The largest absolute Gasteiger partial charge is 1.00 e. The summed E-state index contributed by atoms with van der Waals surface area (Å²) in [5.41, 5.74) is -0.241. The molecule has 12 rings (SSSR count). The minimum atomic E-state index is -5.13. The van der Waals surface area contributed by atoms with E-state index < -0.39 is 39.6 Å². The molecule has 2 aromatic heterocycles. The number of rotatable bonds is 16. The third kappa shape index (κ3) is 11.4. The Labute approximate surface area is 518 Å². The van der Waals surface area contributed by atoms with Crippen molar-refractivity contribution >= 4 is 98.7 Å². The Morgan fingerprint density at radius 1 is 0.354 bits per heavy atom. The van der Waals surface area contributed by atoms with Crippen molar-refractivity contribution in [3.05, 3.63) is 254 Å². The average molecular weight is 1150 g/mol. The number of aromatic nitrogens is 4. The van der Waals surface area contributed by atoms with E-state index in [1.165, 1.54) is 61.2 Å². The number of hydrogen-bond donors (Lipinski definition) is 2. The Morgan fingerprint density at radius 2 is 0.622 bits per heavy atom. The van der Waals surface area contributed by atoms with Crippen LogP contribution >= 0.6 is 0 Å². The molecule has 2 heterocycles. The van der Waals surface area contributed by atoms with Crippen molar-refractivity contribution in [3.63, 3.8) is 0 Å². The summed E-state index contributed by atoms with van der Waals surface area (Å²) in [4.78, 5) is 42.8. The van der Waals surface area contributed by atoms with Crippen LogP contribution in [0.1, 0.15) is 14.0 Å². The zero-order valence-corrected chi connectivity index (χ0v) is 49.5. The van der Waals surface area contributed by atoms with Gasteiger partial charge in [-0.2, -0.15) is 36.8 Å². The quantitative estimate of drug-likeness (QED) is 0.0310. The first-order chi connectivity index (χ1) is 38.9. The van der Waals surface area contributed by atoms with Gasteiger partial charge in [-0.1, -0.05) is 158 Å². The summed E-state index contributed by atoms with van der Waals surface area (Å²) in [6, 6.07) is 63.1. The second-order valence-electron chi connectivity index (χ2n) is 18.2. The Morgan fingerprint density at radius 3 is 0.902 bits per heavy atom. The molecule has 0 saturated carbocycles. The van der Waals surface area contributed by atoms with Crippen LogP contribution in [0.5, 0.6) is 23.0 Å². The monoisotopic (exact) mass is 1140 g/mol. The fraction of sp³-hybridized carbons (Fsp3) is 0. The zero-order chi connectivity index (χ0) is 54.9. The third-order valence-electron chi connectivity index (χ3n) is 13.2. The standard InChI is InChI=1S/C62H42N6O10S2.2Na.2H/c69-79(70,71)59-41-49(67(61-63-37-13-38-64-61,75-55-27-9-19-43-15-1-5-23-51(43)55)76-56-28-10-20-44-16-2-6-24-52(44)56)35-33-47(59)31-32-48-34-36-50(42-60(48)80(72,73)74)68(62-65-39-14-40-66-62,77-57-29-11-21-45-17-3-7-25-53(45)57)78-58-30-12-22-46-18-4-8-26-54(46)58;;;;/h1-42H;;;;/q;2*+1;2*-1/p+2. The molecular formula is C62H46N6Na2O10S2+2. The second kappa shape index (κ2) is 23.9. The van der Waals surface area contributed by atoms with Crippen LogP contribution in [0.2, 0.25) is 0 Å². The number of fused-ring (bicyclic) bond motifs is 4. The van der Waals surface area contributed by atoms with Gasteiger partial charge in [0.2, 0.25) is 34.4 Å². The summed E-state index contributed by atoms with van der Waals surface area (Å²) in [5.74, 6) is 1.06. The van der Waals surface area contributed by atoms with Gasteiger partial charge in [0, 0.05) is 70.6 Å². The van der Waals surface area contributed by atoms with Gasteiger partial charge in [0.1, 0.15) is 19.4 Å². The molecule has 12 aromatic rings. The second-order valence-corrected chi connectivity index (χ2v) is 21.0. The van der Waals surface area contributed by atoms with Gasteiger partial charge in [0.15, 0.2) is 0 Å². The van der Waals surface area contributed by atoms with Crippen LogP contribution in [0.15, 0.2) is 253 Å².